The Labute approximate surface area is 194 Å². The summed E-state index contributed by atoms with van der Waals surface area (Å²) in [7, 11) is 1.37. The number of aryl methyl sites for hydroxylation is 1. The first-order chi connectivity index (χ1) is 15.5. The van der Waals surface area contributed by atoms with Crippen molar-refractivity contribution in [2.45, 2.75) is 32.7 Å². The van der Waals surface area contributed by atoms with E-state index < -0.39 is 5.97 Å². The van der Waals surface area contributed by atoms with Crippen molar-refractivity contribution in [1.82, 2.24) is 14.5 Å². The topological polar surface area (TPSA) is 74.1 Å². The maximum absolute atomic E-state index is 12.2. The molecule has 0 atom stereocenters. The van der Waals surface area contributed by atoms with Gasteiger partial charge in [0.2, 0.25) is 0 Å². The molecular formula is C24H22ClN3O3S. The number of aldehydes is 1. The number of hydrogen-bond acceptors (Lipinski definition) is 6. The SMILES string of the molecule is CCCCc1nc(Cl)c(C=O)n1Cc1ccc2nc(-c3ccccc3C(=O)OC)sc2c1. The third kappa shape index (κ3) is 4.31. The molecule has 4 rings (SSSR count). The molecule has 0 aliphatic carbocycles. The number of hydrogen-bond donors (Lipinski definition) is 0. The van der Waals surface area contributed by atoms with E-state index in [1.807, 2.05) is 28.8 Å². The van der Waals surface area contributed by atoms with E-state index in [1.54, 1.807) is 12.1 Å². The van der Waals surface area contributed by atoms with Gasteiger partial charge in [-0.2, -0.15) is 0 Å². The number of benzene rings is 2. The largest absolute Gasteiger partial charge is 0.465 e. The lowest BCUT2D eigenvalue weighted by atomic mass is 10.1. The first kappa shape index (κ1) is 22.2. The van der Waals surface area contributed by atoms with Crippen LogP contribution >= 0.6 is 22.9 Å². The highest BCUT2D eigenvalue weighted by atomic mass is 35.5. The molecule has 0 saturated carbocycles. The minimum Gasteiger partial charge on any atom is -0.465 e. The van der Waals surface area contributed by atoms with Gasteiger partial charge in [0.1, 0.15) is 16.5 Å². The van der Waals surface area contributed by atoms with Gasteiger partial charge >= 0.3 is 5.97 Å². The Hall–Kier alpha value is -3.03. The monoisotopic (exact) mass is 467 g/mol. The molecule has 2 heterocycles. The van der Waals surface area contributed by atoms with Crippen LogP contribution in [0.2, 0.25) is 5.15 Å². The molecule has 0 aliphatic rings. The van der Waals surface area contributed by atoms with Crippen molar-refractivity contribution in [3.05, 3.63) is 70.3 Å². The maximum Gasteiger partial charge on any atom is 0.338 e. The molecule has 2 aromatic heterocycles. The van der Waals surface area contributed by atoms with E-state index in [9.17, 15) is 9.59 Å². The van der Waals surface area contributed by atoms with Gasteiger partial charge in [0.05, 0.1) is 22.9 Å². The Morgan fingerprint density at radius 2 is 2.03 bits per heavy atom. The van der Waals surface area contributed by atoms with E-state index in [-0.39, 0.29) is 5.15 Å². The summed E-state index contributed by atoms with van der Waals surface area (Å²) < 4.78 is 7.79. The van der Waals surface area contributed by atoms with Gasteiger partial charge in [0, 0.05) is 18.5 Å². The molecule has 0 amide bonds. The molecule has 0 aliphatic heterocycles. The van der Waals surface area contributed by atoms with Gasteiger partial charge in [-0.3, -0.25) is 4.79 Å². The van der Waals surface area contributed by atoms with Crippen LogP contribution in [0.15, 0.2) is 42.5 Å². The Morgan fingerprint density at radius 1 is 1.22 bits per heavy atom. The van der Waals surface area contributed by atoms with Gasteiger partial charge in [-0.1, -0.05) is 49.2 Å². The number of carbonyl (C=O) groups excluding carboxylic acids is 2. The van der Waals surface area contributed by atoms with Crippen LogP contribution in [0.1, 0.15) is 52.0 Å². The van der Waals surface area contributed by atoms with Gasteiger partial charge in [0.25, 0.3) is 0 Å². The highest BCUT2D eigenvalue weighted by molar-refractivity contribution is 7.21. The zero-order chi connectivity index (χ0) is 22.7. The fraction of sp³-hybridized carbons (Fsp3) is 0.250. The van der Waals surface area contributed by atoms with Crippen LogP contribution in [0, 0.1) is 0 Å². The number of fused-ring (bicyclic) bond motifs is 1. The van der Waals surface area contributed by atoms with Crippen molar-refractivity contribution in [1.29, 1.82) is 0 Å². The van der Waals surface area contributed by atoms with Crippen LogP contribution in [-0.2, 0) is 17.7 Å². The Balaban J connectivity index is 1.70. The van der Waals surface area contributed by atoms with E-state index in [4.69, 9.17) is 21.3 Å². The Morgan fingerprint density at radius 3 is 2.78 bits per heavy atom. The molecule has 0 bridgehead atoms. The maximum atomic E-state index is 12.2. The predicted molar refractivity (Wildman–Crippen MR) is 127 cm³/mol. The van der Waals surface area contributed by atoms with Crippen LogP contribution in [0.25, 0.3) is 20.8 Å². The highest BCUT2D eigenvalue weighted by Crippen LogP contribution is 2.33. The van der Waals surface area contributed by atoms with E-state index in [0.717, 1.165) is 57.7 Å². The van der Waals surface area contributed by atoms with Crippen molar-refractivity contribution < 1.29 is 14.3 Å². The van der Waals surface area contributed by atoms with Gasteiger partial charge in [-0.25, -0.2) is 14.8 Å². The molecule has 0 spiro atoms. The number of thiazole rings is 1. The molecule has 0 fully saturated rings. The molecule has 0 radical (unpaired) electrons. The second-order valence-corrected chi connectivity index (χ2v) is 8.76. The quantitative estimate of drug-likeness (QED) is 0.242. The average molecular weight is 468 g/mol. The van der Waals surface area contributed by atoms with E-state index in [0.29, 0.717) is 17.8 Å². The van der Waals surface area contributed by atoms with Crippen molar-refractivity contribution in [2.24, 2.45) is 0 Å². The first-order valence-corrected chi connectivity index (χ1v) is 11.5. The summed E-state index contributed by atoms with van der Waals surface area (Å²) >= 11 is 7.72. The lowest BCUT2D eigenvalue weighted by Crippen LogP contribution is -2.08. The molecule has 0 unspecified atom stereocenters. The zero-order valence-corrected chi connectivity index (χ0v) is 19.4. The van der Waals surface area contributed by atoms with Gasteiger partial charge < -0.3 is 9.30 Å². The number of esters is 1. The fourth-order valence-electron chi connectivity index (χ4n) is 3.62. The summed E-state index contributed by atoms with van der Waals surface area (Å²) in [6.45, 7) is 2.61. The van der Waals surface area contributed by atoms with Crippen molar-refractivity contribution in [3.8, 4) is 10.6 Å². The number of halogens is 1. The number of ether oxygens (including phenoxy) is 1. The Bertz CT molecular complexity index is 1300. The lowest BCUT2D eigenvalue weighted by molar-refractivity contribution is 0.0601. The normalized spacial score (nSPS) is 11.1. The molecular weight excluding hydrogens is 446 g/mol. The number of nitrogens with zero attached hydrogens (tertiary/aromatic N) is 3. The molecule has 8 heteroatoms. The summed E-state index contributed by atoms with van der Waals surface area (Å²) in [6, 6.07) is 13.3. The van der Waals surface area contributed by atoms with Crippen molar-refractivity contribution >= 4 is 45.4 Å². The highest BCUT2D eigenvalue weighted by Gasteiger charge is 2.18. The predicted octanol–water partition coefficient (Wildman–Crippen LogP) is 5.80. The van der Waals surface area contributed by atoms with Crippen LogP contribution in [-0.4, -0.2) is 33.9 Å². The van der Waals surface area contributed by atoms with E-state index in [2.05, 4.69) is 18.0 Å². The van der Waals surface area contributed by atoms with Gasteiger partial charge in [-0.05, 0) is 30.2 Å². The smallest absolute Gasteiger partial charge is 0.338 e. The minimum atomic E-state index is -0.390. The summed E-state index contributed by atoms with van der Waals surface area (Å²) in [5.74, 6) is 0.426. The zero-order valence-electron chi connectivity index (χ0n) is 17.8. The van der Waals surface area contributed by atoms with E-state index >= 15 is 0 Å². The molecule has 0 N–H and O–H groups in total. The fourth-order valence-corrected chi connectivity index (χ4v) is 4.93. The Kier molecular flexibility index (Phi) is 6.67. The van der Waals surface area contributed by atoms with Gasteiger partial charge in [-0.15, -0.1) is 11.3 Å². The summed E-state index contributed by atoms with van der Waals surface area (Å²) in [5.41, 5.74) is 3.49. The van der Waals surface area contributed by atoms with Crippen molar-refractivity contribution in [3.63, 3.8) is 0 Å². The molecule has 164 valence electrons. The average Bonchev–Trinajstić information content (AvgIpc) is 3.37. The lowest BCUT2D eigenvalue weighted by Gasteiger charge is -2.09. The third-order valence-electron chi connectivity index (χ3n) is 5.26. The number of rotatable bonds is 8. The number of methoxy groups -OCH3 is 1. The van der Waals surface area contributed by atoms with E-state index in [1.165, 1.54) is 18.4 Å². The van der Waals surface area contributed by atoms with Crippen LogP contribution in [0.3, 0.4) is 0 Å². The summed E-state index contributed by atoms with van der Waals surface area (Å²) in [4.78, 5) is 32.9. The summed E-state index contributed by atoms with van der Waals surface area (Å²) in [5, 5.41) is 0.993. The molecule has 6 nitrogen and oxygen atoms in total. The second-order valence-electron chi connectivity index (χ2n) is 7.37. The first-order valence-electron chi connectivity index (χ1n) is 10.3. The molecule has 32 heavy (non-hydrogen) atoms. The molecule has 0 saturated heterocycles. The van der Waals surface area contributed by atoms with Crippen LogP contribution in [0.4, 0.5) is 0 Å². The minimum absolute atomic E-state index is 0.242. The molecule has 4 aromatic rings. The third-order valence-corrected chi connectivity index (χ3v) is 6.59. The number of aromatic nitrogens is 3. The van der Waals surface area contributed by atoms with Crippen molar-refractivity contribution in [2.75, 3.05) is 7.11 Å². The van der Waals surface area contributed by atoms with Crippen LogP contribution < -0.4 is 0 Å². The van der Waals surface area contributed by atoms with Gasteiger partial charge in [0.15, 0.2) is 11.4 Å². The number of imidazole rings is 1. The second kappa shape index (κ2) is 9.63. The number of carbonyl (C=O) groups is 2. The van der Waals surface area contributed by atoms with Crippen LogP contribution in [0.5, 0.6) is 0 Å². The molecule has 2 aromatic carbocycles. The summed E-state index contributed by atoms with van der Waals surface area (Å²) in [6.07, 6.45) is 3.53. The number of unbranched alkanes of at least 4 members (excludes halogenated alkanes) is 1. The standard InChI is InChI=1S/C24H22ClN3O3S/c1-3-4-9-21-27-22(25)19(14-29)28(21)13-15-10-11-18-20(12-15)32-23(26-18)16-7-5-6-8-17(16)24(30)31-2/h5-8,10-12,14H,3-4,9,13H2,1-2H3.